The minimum atomic E-state index is -0.341. The van der Waals surface area contributed by atoms with Crippen molar-refractivity contribution in [3.8, 4) is 0 Å². The molecule has 5 nitrogen and oxygen atoms in total. The zero-order valence-corrected chi connectivity index (χ0v) is 10.8. The Bertz CT molecular complexity index is 600. The second-order valence-corrected chi connectivity index (χ2v) is 4.70. The van der Waals surface area contributed by atoms with E-state index in [1.165, 1.54) is 7.11 Å². The number of aromatic nitrogens is 2. The third kappa shape index (κ3) is 2.33. The zero-order valence-electron chi connectivity index (χ0n) is 10.8. The van der Waals surface area contributed by atoms with Crippen molar-refractivity contribution in [2.45, 2.75) is 25.4 Å². The number of ether oxygens (including phenoxy) is 2. The van der Waals surface area contributed by atoms with E-state index in [9.17, 15) is 4.79 Å². The summed E-state index contributed by atoms with van der Waals surface area (Å²) in [6.07, 6.45) is 3.31. The van der Waals surface area contributed by atoms with E-state index in [0.29, 0.717) is 5.56 Å². The number of hydrogen-bond donors (Lipinski definition) is 1. The van der Waals surface area contributed by atoms with Crippen molar-refractivity contribution in [2.75, 3.05) is 13.7 Å². The Balaban J connectivity index is 1.93. The molecule has 0 aliphatic carbocycles. The van der Waals surface area contributed by atoms with Crippen LogP contribution in [-0.4, -0.2) is 29.7 Å². The molecule has 2 heterocycles. The van der Waals surface area contributed by atoms with Crippen LogP contribution in [-0.2, 0) is 9.47 Å². The largest absolute Gasteiger partial charge is 0.465 e. The lowest BCUT2D eigenvalue weighted by Gasteiger charge is -2.20. The Labute approximate surface area is 110 Å². The molecular formula is C14H16N2O3. The number of methoxy groups -OCH3 is 1. The lowest BCUT2D eigenvalue weighted by molar-refractivity contribution is 0.0101. The van der Waals surface area contributed by atoms with Gasteiger partial charge in [0, 0.05) is 6.61 Å². The molecule has 1 aliphatic rings. The summed E-state index contributed by atoms with van der Waals surface area (Å²) in [7, 11) is 1.38. The first-order valence-electron chi connectivity index (χ1n) is 6.47. The zero-order chi connectivity index (χ0) is 13.2. The van der Waals surface area contributed by atoms with Crippen molar-refractivity contribution in [2.24, 2.45) is 0 Å². The van der Waals surface area contributed by atoms with E-state index < -0.39 is 0 Å². The molecule has 1 aromatic carbocycles. The number of H-pyrrole nitrogens is 1. The smallest absolute Gasteiger partial charge is 0.337 e. The summed E-state index contributed by atoms with van der Waals surface area (Å²) >= 11 is 0. The average Bonchev–Trinajstić information content (AvgIpc) is 2.90. The lowest BCUT2D eigenvalue weighted by atomic mass is 10.1. The topological polar surface area (TPSA) is 64.2 Å². The predicted molar refractivity (Wildman–Crippen MR) is 70.0 cm³/mol. The normalized spacial score (nSPS) is 19.5. The summed E-state index contributed by atoms with van der Waals surface area (Å²) in [5.74, 6) is 0.503. The van der Waals surface area contributed by atoms with Crippen molar-refractivity contribution < 1.29 is 14.3 Å². The Morgan fingerprint density at radius 2 is 2.37 bits per heavy atom. The van der Waals surface area contributed by atoms with Gasteiger partial charge in [0.15, 0.2) is 0 Å². The molecule has 0 bridgehead atoms. The molecule has 100 valence electrons. The van der Waals surface area contributed by atoms with Crippen LogP contribution in [0.1, 0.15) is 41.5 Å². The number of aromatic amines is 1. The van der Waals surface area contributed by atoms with E-state index in [1.54, 1.807) is 12.1 Å². The molecule has 1 aromatic heterocycles. The first-order chi connectivity index (χ1) is 9.28. The van der Waals surface area contributed by atoms with Crippen molar-refractivity contribution in [3.63, 3.8) is 0 Å². The standard InChI is InChI=1S/C14H16N2O3/c1-18-14(17)9-5-6-10-11(8-9)16-13(15-10)12-4-2-3-7-19-12/h5-6,8,12H,2-4,7H2,1H3,(H,15,16). The monoisotopic (exact) mass is 260 g/mol. The molecule has 1 atom stereocenters. The van der Waals surface area contributed by atoms with Gasteiger partial charge in [0.2, 0.25) is 0 Å². The molecule has 0 spiro atoms. The van der Waals surface area contributed by atoms with Crippen LogP contribution in [0.4, 0.5) is 0 Å². The third-order valence-electron chi connectivity index (χ3n) is 3.41. The van der Waals surface area contributed by atoms with Crippen LogP contribution >= 0.6 is 0 Å². The predicted octanol–water partition coefficient (Wildman–Crippen LogP) is 2.59. The van der Waals surface area contributed by atoms with Gasteiger partial charge in [0.05, 0.1) is 23.7 Å². The number of hydrogen-bond acceptors (Lipinski definition) is 4. The van der Waals surface area contributed by atoms with Gasteiger partial charge in [-0.2, -0.15) is 0 Å². The van der Waals surface area contributed by atoms with Crippen molar-refractivity contribution >= 4 is 17.0 Å². The Morgan fingerprint density at radius 3 is 3.11 bits per heavy atom. The van der Waals surface area contributed by atoms with Crippen molar-refractivity contribution in [1.82, 2.24) is 9.97 Å². The summed E-state index contributed by atoms with van der Waals surface area (Å²) in [6.45, 7) is 0.787. The summed E-state index contributed by atoms with van der Waals surface area (Å²) < 4.78 is 10.4. The van der Waals surface area contributed by atoms with Gasteiger partial charge >= 0.3 is 5.97 Å². The van der Waals surface area contributed by atoms with Crippen LogP contribution in [0.25, 0.3) is 11.0 Å². The maximum absolute atomic E-state index is 11.5. The number of rotatable bonds is 2. The molecule has 1 fully saturated rings. The quantitative estimate of drug-likeness (QED) is 0.843. The van der Waals surface area contributed by atoms with Crippen LogP contribution in [0.15, 0.2) is 18.2 Å². The number of nitrogens with one attached hydrogen (secondary N) is 1. The fourth-order valence-corrected chi connectivity index (χ4v) is 2.38. The van der Waals surface area contributed by atoms with Crippen molar-refractivity contribution in [1.29, 1.82) is 0 Å². The molecule has 3 rings (SSSR count). The SMILES string of the molecule is COC(=O)c1ccc2nc(C3CCCCO3)[nH]c2c1. The van der Waals surface area contributed by atoms with E-state index in [-0.39, 0.29) is 12.1 Å². The number of esters is 1. The van der Waals surface area contributed by atoms with Gasteiger partial charge in [-0.1, -0.05) is 0 Å². The molecular weight excluding hydrogens is 244 g/mol. The molecule has 5 heteroatoms. The first kappa shape index (κ1) is 12.2. The number of benzene rings is 1. The van der Waals surface area contributed by atoms with Gasteiger partial charge in [-0.3, -0.25) is 0 Å². The summed E-state index contributed by atoms with van der Waals surface area (Å²) in [5.41, 5.74) is 2.21. The molecule has 0 amide bonds. The summed E-state index contributed by atoms with van der Waals surface area (Å²) in [6, 6.07) is 5.31. The molecule has 19 heavy (non-hydrogen) atoms. The number of carbonyl (C=O) groups excluding carboxylic acids is 1. The van der Waals surface area contributed by atoms with Crippen LogP contribution < -0.4 is 0 Å². The molecule has 0 radical (unpaired) electrons. The molecule has 0 saturated carbocycles. The van der Waals surface area contributed by atoms with Gasteiger partial charge in [0.1, 0.15) is 11.9 Å². The molecule has 1 saturated heterocycles. The van der Waals surface area contributed by atoms with Gasteiger partial charge < -0.3 is 14.5 Å². The number of nitrogens with zero attached hydrogens (tertiary/aromatic N) is 1. The Morgan fingerprint density at radius 1 is 1.47 bits per heavy atom. The highest BCUT2D eigenvalue weighted by Gasteiger charge is 2.19. The summed E-state index contributed by atoms with van der Waals surface area (Å²) in [4.78, 5) is 19.3. The van der Waals surface area contributed by atoms with Crippen LogP contribution in [0.5, 0.6) is 0 Å². The van der Waals surface area contributed by atoms with Gasteiger partial charge in [-0.25, -0.2) is 9.78 Å². The maximum Gasteiger partial charge on any atom is 0.337 e. The lowest BCUT2D eigenvalue weighted by Crippen LogP contribution is -2.12. The first-order valence-corrected chi connectivity index (χ1v) is 6.47. The minimum Gasteiger partial charge on any atom is -0.465 e. The number of carbonyl (C=O) groups is 1. The second kappa shape index (κ2) is 5.01. The van der Waals surface area contributed by atoms with E-state index in [4.69, 9.17) is 9.47 Å². The van der Waals surface area contributed by atoms with Crippen molar-refractivity contribution in [3.05, 3.63) is 29.6 Å². The minimum absolute atomic E-state index is 0.0442. The van der Waals surface area contributed by atoms with E-state index >= 15 is 0 Å². The highest BCUT2D eigenvalue weighted by atomic mass is 16.5. The molecule has 1 N–H and O–H groups in total. The molecule has 2 aromatic rings. The third-order valence-corrected chi connectivity index (χ3v) is 3.41. The fraction of sp³-hybridized carbons (Fsp3) is 0.429. The van der Waals surface area contributed by atoms with Crippen LogP contribution in [0, 0.1) is 0 Å². The van der Waals surface area contributed by atoms with Gasteiger partial charge in [-0.05, 0) is 37.5 Å². The highest BCUT2D eigenvalue weighted by Crippen LogP contribution is 2.27. The van der Waals surface area contributed by atoms with E-state index in [0.717, 1.165) is 42.7 Å². The maximum atomic E-state index is 11.5. The Hall–Kier alpha value is -1.88. The molecule has 1 unspecified atom stereocenters. The number of imidazole rings is 1. The van der Waals surface area contributed by atoms with E-state index in [2.05, 4.69) is 9.97 Å². The highest BCUT2D eigenvalue weighted by molar-refractivity contribution is 5.93. The van der Waals surface area contributed by atoms with Gasteiger partial charge in [-0.15, -0.1) is 0 Å². The molecule has 1 aliphatic heterocycles. The second-order valence-electron chi connectivity index (χ2n) is 4.70. The summed E-state index contributed by atoms with van der Waals surface area (Å²) in [5, 5.41) is 0. The average molecular weight is 260 g/mol. The Kier molecular flexibility index (Phi) is 3.21. The van der Waals surface area contributed by atoms with Gasteiger partial charge in [0.25, 0.3) is 0 Å². The fourth-order valence-electron chi connectivity index (χ4n) is 2.38. The number of fused-ring (bicyclic) bond motifs is 1. The van der Waals surface area contributed by atoms with E-state index in [1.807, 2.05) is 6.07 Å². The van der Waals surface area contributed by atoms with Crippen LogP contribution in [0.2, 0.25) is 0 Å². The van der Waals surface area contributed by atoms with Crippen LogP contribution in [0.3, 0.4) is 0 Å².